The molecule has 0 saturated carbocycles. The van der Waals surface area contributed by atoms with Gasteiger partial charge in [0.05, 0.1) is 19.3 Å². The van der Waals surface area contributed by atoms with Crippen LogP contribution in [0.3, 0.4) is 0 Å². The average molecular weight is 365 g/mol. The molecule has 4 rings (SSSR count). The minimum atomic E-state index is 0.492. The van der Waals surface area contributed by atoms with Crippen molar-refractivity contribution in [1.82, 2.24) is 10.2 Å². The van der Waals surface area contributed by atoms with E-state index in [0.29, 0.717) is 28.2 Å². The summed E-state index contributed by atoms with van der Waals surface area (Å²) in [5.74, 6) is 2.62. The van der Waals surface area contributed by atoms with Crippen molar-refractivity contribution in [2.45, 2.75) is 17.4 Å². The highest BCUT2D eigenvalue weighted by Gasteiger charge is 2.16. The number of ether oxygens (including phenoxy) is 2. The van der Waals surface area contributed by atoms with Crippen LogP contribution < -0.4 is 9.47 Å². The molecule has 0 unspecified atom stereocenters. The minimum absolute atomic E-state index is 0.492. The molecule has 0 radical (unpaired) electrons. The summed E-state index contributed by atoms with van der Waals surface area (Å²) in [7, 11) is 1.55. The Morgan fingerprint density at radius 3 is 3.00 bits per heavy atom. The quantitative estimate of drug-likeness (QED) is 0.635. The molecule has 0 fully saturated rings. The van der Waals surface area contributed by atoms with Gasteiger partial charge in [-0.3, -0.25) is 0 Å². The zero-order valence-corrected chi connectivity index (χ0v) is 14.9. The van der Waals surface area contributed by atoms with Gasteiger partial charge in [0.25, 0.3) is 5.22 Å². The molecule has 2 aromatic carbocycles. The van der Waals surface area contributed by atoms with Gasteiger partial charge in [-0.2, -0.15) is 5.26 Å². The lowest BCUT2D eigenvalue weighted by molar-refractivity contribution is 0.357. The summed E-state index contributed by atoms with van der Waals surface area (Å²) in [6.07, 6.45) is 0.900. The second-order valence-corrected chi connectivity index (χ2v) is 6.66. The van der Waals surface area contributed by atoms with Gasteiger partial charge in [0.1, 0.15) is 17.6 Å². The average Bonchev–Trinajstić information content (AvgIpc) is 3.34. The van der Waals surface area contributed by atoms with Crippen molar-refractivity contribution in [2.24, 2.45) is 0 Å². The van der Waals surface area contributed by atoms with Gasteiger partial charge < -0.3 is 13.9 Å². The topological polar surface area (TPSA) is 81.2 Å². The molecule has 0 saturated heterocycles. The lowest BCUT2D eigenvalue weighted by atomic mass is 10.1. The van der Waals surface area contributed by atoms with E-state index in [2.05, 4.69) is 16.3 Å². The molecular weight excluding hydrogens is 350 g/mol. The molecule has 1 aliphatic heterocycles. The zero-order chi connectivity index (χ0) is 17.9. The Kier molecular flexibility index (Phi) is 4.50. The molecule has 26 heavy (non-hydrogen) atoms. The summed E-state index contributed by atoms with van der Waals surface area (Å²) in [5.41, 5.74) is 3.56. The SMILES string of the molecule is COc1ccc(CSc2nnc(-c3ccc4c(c3)CCO4)o2)cc1C#N. The van der Waals surface area contributed by atoms with Crippen LogP contribution in [0.5, 0.6) is 11.5 Å². The Hall–Kier alpha value is -2.98. The van der Waals surface area contributed by atoms with Crippen LogP contribution in [0.15, 0.2) is 46.0 Å². The van der Waals surface area contributed by atoms with Crippen LogP contribution in [-0.2, 0) is 12.2 Å². The second-order valence-electron chi connectivity index (χ2n) is 5.73. The van der Waals surface area contributed by atoms with E-state index in [1.54, 1.807) is 13.2 Å². The smallest absolute Gasteiger partial charge is 0.277 e. The van der Waals surface area contributed by atoms with Crippen molar-refractivity contribution in [3.63, 3.8) is 0 Å². The predicted molar refractivity (Wildman–Crippen MR) is 96.2 cm³/mol. The Morgan fingerprint density at radius 2 is 2.15 bits per heavy atom. The molecule has 0 N–H and O–H groups in total. The van der Waals surface area contributed by atoms with Crippen LogP contribution in [0.1, 0.15) is 16.7 Å². The third-order valence-corrected chi connectivity index (χ3v) is 4.98. The van der Waals surface area contributed by atoms with Gasteiger partial charge in [-0.1, -0.05) is 17.8 Å². The minimum Gasteiger partial charge on any atom is -0.495 e. The van der Waals surface area contributed by atoms with Crippen LogP contribution >= 0.6 is 11.8 Å². The maximum Gasteiger partial charge on any atom is 0.277 e. The maximum atomic E-state index is 9.17. The number of rotatable bonds is 5. The molecule has 0 spiro atoms. The zero-order valence-electron chi connectivity index (χ0n) is 14.1. The van der Waals surface area contributed by atoms with Crippen molar-refractivity contribution in [1.29, 1.82) is 5.26 Å². The number of thioether (sulfide) groups is 1. The van der Waals surface area contributed by atoms with Crippen molar-refractivity contribution >= 4 is 11.8 Å². The molecule has 0 aliphatic carbocycles. The van der Waals surface area contributed by atoms with Gasteiger partial charge in [0.2, 0.25) is 5.89 Å². The van der Waals surface area contributed by atoms with Gasteiger partial charge in [-0.25, -0.2) is 0 Å². The molecule has 7 heteroatoms. The highest BCUT2D eigenvalue weighted by molar-refractivity contribution is 7.98. The largest absolute Gasteiger partial charge is 0.495 e. The van der Waals surface area contributed by atoms with Gasteiger partial charge in [-0.15, -0.1) is 10.2 Å². The summed E-state index contributed by atoms with van der Waals surface area (Å²) in [6, 6.07) is 13.6. The summed E-state index contributed by atoms with van der Waals surface area (Å²) < 4.78 is 16.4. The molecule has 1 aromatic heterocycles. The number of nitriles is 1. The van der Waals surface area contributed by atoms with Crippen molar-refractivity contribution < 1.29 is 13.9 Å². The molecule has 0 atom stereocenters. The fourth-order valence-electron chi connectivity index (χ4n) is 2.78. The molecule has 0 bridgehead atoms. The summed E-state index contributed by atoms with van der Waals surface area (Å²) in [6.45, 7) is 0.719. The Balaban J connectivity index is 1.47. The predicted octanol–water partition coefficient (Wildman–Crippen LogP) is 3.84. The van der Waals surface area contributed by atoms with E-state index in [1.807, 2.05) is 30.3 Å². The first-order valence-electron chi connectivity index (χ1n) is 8.06. The molecule has 2 heterocycles. The standard InChI is InChI=1S/C19H15N3O3S/c1-23-16-4-2-12(8-15(16)10-20)11-26-19-22-21-18(25-19)14-3-5-17-13(9-14)6-7-24-17/h2-5,8-9H,6-7,11H2,1H3. The Labute approximate surface area is 154 Å². The van der Waals surface area contributed by atoms with Gasteiger partial charge in [-0.05, 0) is 41.5 Å². The highest BCUT2D eigenvalue weighted by Crippen LogP contribution is 2.32. The number of methoxy groups -OCH3 is 1. The van der Waals surface area contributed by atoms with Crippen molar-refractivity contribution in [3.05, 3.63) is 53.1 Å². The van der Waals surface area contributed by atoms with Gasteiger partial charge >= 0.3 is 0 Å². The van der Waals surface area contributed by atoms with Crippen LogP contribution in [0.25, 0.3) is 11.5 Å². The van der Waals surface area contributed by atoms with E-state index < -0.39 is 0 Å². The number of aromatic nitrogens is 2. The van der Waals surface area contributed by atoms with Crippen LogP contribution in [-0.4, -0.2) is 23.9 Å². The molecule has 1 aliphatic rings. The van der Waals surface area contributed by atoms with E-state index in [1.165, 1.54) is 11.8 Å². The third kappa shape index (κ3) is 3.24. The van der Waals surface area contributed by atoms with Crippen molar-refractivity contribution in [3.8, 4) is 29.0 Å². The molecule has 0 amide bonds. The van der Waals surface area contributed by atoms with Crippen LogP contribution in [0.2, 0.25) is 0 Å². The highest BCUT2D eigenvalue weighted by atomic mass is 32.2. The van der Waals surface area contributed by atoms with E-state index in [9.17, 15) is 0 Å². The fourth-order valence-corrected chi connectivity index (χ4v) is 3.49. The number of hydrogen-bond acceptors (Lipinski definition) is 7. The summed E-state index contributed by atoms with van der Waals surface area (Å²) in [4.78, 5) is 0. The monoisotopic (exact) mass is 365 g/mol. The van der Waals surface area contributed by atoms with Crippen molar-refractivity contribution in [2.75, 3.05) is 13.7 Å². The first-order chi connectivity index (χ1) is 12.8. The fraction of sp³-hybridized carbons (Fsp3) is 0.211. The molecular formula is C19H15N3O3S. The Bertz CT molecular complexity index is 994. The van der Waals surface area contributed by atoms with Crippen LogP contribution in [0, 0.1) is 11.3 Å². The first-order valence-corrected chi connectivity index (χ1v) is 9.05. The Morgan fingerprint density at radius 1 is 1.23 bits per heavy atom. The molecule has 3 aromatic rings. The first kappa shape index (κ1) is 16.5. The normalized spacial score (nSPS) is 12.3. The number of hydrogen-bond donors (Lipinski definition) is 0. The maximum absolute atomic E-state index is 9.17. The molecule has 130 valence electrons. The lowest BCUT2D eigenvalue weighted by Crippen LogP contribution is -1.90. The van der Waals surface area contributed by atoms with Crippen LogP contribution in [0.4, 0.5) is 0 Å². The van der Waals surface area contributed by atoms with E-state index >= 15 is 0 Å². The van der Waals surface area contributed by atoms with E-state index in [-0.39, 0.29) is 0 Å². The number of fused-ring (bicyclic) bond motifs is 1. The molecule has 6 nitrogen and oxygen atoms in total. The van der Waals surface area contributed by atoms with E-state index in [4.69, 9.17) is 19.2 Å². The lowest BCUT2D eigenvalue weighted by Gasteiger charge is -2.04. The number of benzene rings is 2. The van der Waals surface area contributed by atoms with E-state index in [0.717, 1.165) is 35.5 Å². The summed E-state index contributed by atoms with van der Waals surface area (Å²) >= 11 is 1.43. The second kappa shape index (κ2) is 7.10. The summed E-state index contributed by atoms with van der Waals surface area (Å²) in [5, 5.41) is 17.9. The van der Waals surface area contributed by atoms with Gasteiger partial charge in [0, 0.05) is 17.7 Å². The number of nitrogens with zero attached hydrogens (tertiary/aromatic N) is 3. The third-order valence-electron chi connectivity index (χ3n) is 4.09. The van der Waals surface area contributed by atoms with Gasteiger partial charge in [0.15, 0.2) is 0 Å².